The third-order valence-electron chi connectivity index (χ3n) is 3.08. The molecule has 2 heterocycles. The van der Waals surface area contributed by atoms with E-state index in [9.17, 15) is 0 Å². The van der Waals surface area contributed by atoms with E-state index in [-0.39, 0.29) is 5.54 Å². The van der Waals surface area contributed by atoms with Gasteiger partial charge in [-0.25, -0.2) is 5.01 Å². The van der Waals surface area contributed by atoms with Crippen molar-refractivity contribution in [3.8, 4) is 0 Å². The summed E-state index contributed by atoms with van der Waals surface area (Å²) in [6, 6.07) is 1.12. The summed E-state index contributed by atoms with van der Waals surface area (Å²) < 4.78 is 0. The lowest BCUT2D eigenvalue weighted by Crippen LogP contribution is -2.56. The zero-order valence-electron chi connectivity index (χ0n) is 7.09. The number of hydrazine groups is 1. The average Bonchev–Trinajstić information content (AvgIpc) is 2.19. The predicted octanol–water partition coefficient (Wildman–Crippen LogP) is 0.204. The highest BCUT2D eigenvalue weighted by atomic mass is 15.5. The Kier molecular flexibility index (Phi) is 1.50. The van der Waals surface area contributed by atoms with Crippen molar-refractivity contribution in [1.29, 1.82) is 0 Å². The molecular weight excluding hydrogens is 138 g/mol. The summed E-state index contributed by atoms with van der Waals surface area (Å²) in [5.41, 5.74) is 6.12. The van der Waals surface area contributed by atoms with Crippen molar-refractivity contribution in [3.63, 3.8) is 0 Å². The monoisotopic (exact) mass is 155 g/mol. The van der Waals surface area contributed by atoms with Gasteiger partial charge in [0.25, 0.3) is 0 Å². The van der Waals surface area contributed by atoms with Gasteiger partial charge in [-0.15, -0.1) is 0 Å². The summed E-state index contributed by atoms with van der Waals surface area (Å²) in [4.78, 5) is 0. The van der Waals surface area contributed by atoms with Gasteiger partial charge in [0, 0.05) is 17.6 Å². The second-order valence-electron chi connectivity index (χ2n) is 4.39. The summed E-state index contributed by atoms with van der Waals surface area (Å²) >= 11 is 0. The van der Waals surface area contributed by atoms with Gasteiger partial charge in [0.15, 0.2) is 0 Å². The molecule has 3 nitrogen and oxygen atoms in total. The van der Waals surface area contributed by atoms with Crippen LogP contribution in [0.3, 0.4) is 0 Å². The van der Waals surface area contributed by atoms with Crippen molar-refractivity contribution >= 4 is 0 Å². The van der Waals surface area contributed by atoms with Gasteiger partial charge >= 0.3 is 0 Å². The highest BCUT2D eigenvalue weighted by Crippen LogP contribution is 2.36. The minimum absolute atomic E-state index is 0.0434. The number of nitrogens with zero attached hydrogens (tertiary/aromatic N) is 1. The van der Waals surface area contributed by atoms with Gasteiger partial charge in [-0.05, 0) is 32.6 Å². The SMILES string of the molecule is CC1(N)C[C@H]2CC[C@@H](C1)N2N. The van der Waals surface area contributed by atoms with Crippen LogP contribution in [-0.2, 0) is 0 Å². The standard InChI is InChI=1S/C8H17N3/c1-8(9)4-6-2-3-7(5-8)11(6)10/h6-7H,2-5,9-10H2,1H3/t6-,7+,8?. The average molecular weight is 155 g/mol. The van der Waals surface area contributed by atoms with Gasteiger partial charge in [-0.1, -0.05) is 0 Å². The van der Waals surface area contributed by atoms with Gasteiger partial charge in [-0.3, -0.25) is 5.84 Å². The van der Waals surface area contributed by atoms with Crippen LogP contribution in [0.15, 0.2) is 0 Å². The number of nitrogens with two attached hydrogens (primary N) is 2. The predicted molar refractivity (Wildman–Crippen MR) is 44.7 cm³/mol. The molecule has 2 saturated heterocycles. The fraction of sp³-hybridized carbons (Fsp3) is 1.00. The van der Waals surface area contributed by atoms with Crippen molar-refractivity contribution in [1.82, 2.24) is 5.01 Å². The van der Waals surface area contributed by atoms with E-state index in [0.29, 0.717) is 12.1 Å². The first kappa shape index (κ1) is 7.53. The molecule has 64 valence electrons. The van der Waals surface area contributed by atoms with Crippen LogP contribution >= 0.6 is 0 Å². The fourth-order valence-electron chi connectivity index (χ4n) is 2.56. The lowest BCUT2D eigenvalue weighted by molar-refractivity contribution is 0.0954. The number of rotatable bonds is 0. The summed E-state index contributed by atoms with van der Waals surface area (Å²) in [7, 11) is 0. The maximum atomic E-state index is 6.08. The van der Waals surface area contributed by atoms with Crippen molar-refractivity contribution in [2.24, 2.45) is 11.6 Å². The second kappa shape index (κ2) is 2.19. The maximum Gasteiger partial charge on any atom is 0.0262 e. The number of fused-ring (bicyclic) bond motifs is 2. The molecule has 0 spiro atoms. The molecule has 1 unspecified atom stereocenters. The maximum absolute atomic E-state index is 6.08. The van der Waals surface area contributed by atoms with E-state index in [2.05, 4.69) is 6.92 Å². The molecule has 3 atom stereocenters. The van der Waals surface area contributed by atoms with E-state index in [4.69, 9.17) is 11.6 Å². The summed E-state index contributed by atoms with van der Waals surface area (Å²) in [6.45, 7) is 2.14. The van der Waals surface area contributed by atoms with Crippen LogP contribution in [0.5, 0.6) is 0 Å². The summed E-state index contributed by atoms with van der Waals surface area (Å²) in [5, 5.41) is 2.02. The Morgan fingerprint density at radius 2 is 1.73 bits per heavy atom. The van der Waals surface area contributed by atoms with Crippen molar-refractivity contribution in [2.45, 2.75) is 50.2 Å². The van der Waals surface area contributed by atoms with Gasteiger partial charge in [0.2, 0.25) is 0 Å². The lowest BCUT2D eigenvalue weighted by Gasteiger charge is -2.40. The Morgan fingerprint density at radius 3 is 2.18 bits per heavy atom. The van der Waals surface area contributed by atoms with Crippen LogP contribution < -0.4 is 11.6 Å². The molecule has 0 aliphatic carbocycles. The molecule has 2 aliphatic rings. The van der Waals surface area contributed by atoms with E-state index in [1.54, 1.807) is 0 Å². The van der Waals surface area contributed by atoms with Gasteiger partial charge in [-0.2, -0.15) is 0 Å². The third kappa shape index (κ3) is 1.17. The minimum Gasteiger partial charge on any atom is -0.325 e. The number of hydrogen-bond donors (Lipinski definition) is 2. The normalized spacial score (nSPS) is 51.5. The first-order chi connectivity index (χ1) is 5.08. The van der Waals surface area contributed by atoms with Crippen LogP contribution in [0.4, 0.5) is 0 Å². The minimum atomic E-state index is 0.0434. The first-order valence-corrected chi connectivity index (χ1v) is 4.40. The van der Waals surface area contributed by atoms with Crippen molar-refractivity contribution in [2.75, 3.05) is 0 Å². The Balaban J connectivity index is 2.14. The molecule has 0 radical (unpaired) electrons. The number of piperidine rings is 1. The van der Waals surface area contributed by atoms with Crippen LogP contribution in [0.1, 0.15) is 32.6 Å². The number of hydrogen-bond acceptors (Lipinski definition) is 3. The van der Waals surface area contributed by atoms with Gasteiger partial charge in [0.1, 0.15) is 0 Å². The molecule has 2 bridgehead atoms. The summed E-state index contributed by atoms with van der Waals surface area (Å²) in [5.74, 6) is 5.88. The smallest absolute Gasteiger partial charge is 0.0262 e. The van der Waals surface area contributed by atoms with Crippen molar-refractivity contribution < 1.29 is 0 Å². The molecular formula is C8H17N3. The zero-order chi connectivity index (χ0) is 8.06. The van der Waals surface area contributed by atoms with Gasteiger partial charge < -0.3 is 5.73 Å². The van der Waals surface area contributed by atoms with Crippen LogP contribution in [-0.4, -0.2) is 22.6 Å². The van der Waals surface area contributed by atoms with E-state index in [1.165, 1.54) is 12.8 Å². The Morgan fingerprint density at radius 1 is 1.27 bits per heavy atom. The fourth-order valence-corrected chi connectivity index (χ4v) is 2.56. The Bertz CT molecular complexity index is 151. The van der Waals surface area contributed by atoms with E-state index in [1.807, 2.05) is 5.01 Å². The lowest BCUT2D eigenvalue weighted by atomic mass is 9.86. The molecule has 2 aliphatic heterocycles. The quantitative estimate of drug-likeness (QED) is 0.491. The summed E-state index contributed by atoms with van der Waals surface area (Å²) in [6.07, 6.45) is 4.63. The van der Waals surface area contributed by atoms with E-state index < -0.39 is 0 Å². The third-order valence-corrected chi connectivity index (χ3v) is 3.08. The van der Waals surface area contributed by atoms with E-state index >= 15 is 0 Å². The molecule has 0 aromatic carbocycles. The zero-order valence-corrected chi connectivity index (χ0v) is 7.09. The van der Waals surface area contributed by atoms with Gasteiger partial charge in [0.05, 0.1) is 0 Å². The molecule has 0 amide bonds. The Labute approximate surface area is 67.7 Å². The molecule has 2 fully saturated rings. The largest absolute Gasteiger partial charge is 0.325 e. The molecule has 4 N–H and O–H groups in total. The van der Waals surface area contributed by atoms with Crippen LogP contribution in [0.25, 0.3) is 0 Å². The molecule has 0 aromatic rings. The first-order valence-electron chi connectivity index (χ1n) is 4.40. The molecule has 2 rings (SSSR count). The van der Waals surface area contributed by atoms with Crippen LogP contribution in [0, 0.1) is 0 Å². The van der Waals surface area contributed by atoms with Crippen LogP contribution in [0.2, 0.25) is 0 Å². The van der Waals surface area contributed by atoms with E-state index in [0.717, 1.165) is 12.8 Å². The molecule has 0 aromatic heterocycles. The molecule has 0 saturated carbocycles. The highest BCUT2D eigenvalue weighted by molar-refractivity contribution is 5.00. The second-order valence-corrected chi connectivity index (χ2v) is 4.39. The molecule has 3 heteroatoms. The Hall–Kier alpha value is -0.120. The van der Waals surface area contributed by atoms with Crippen molar-refractivity contribution in [3.05, 3.63) is 0 Å². The topological polar surface area (TPSA) is 55.3 Å². The molecule has 11 heavy (non-hydrogen) atoms. The highest BCUT2D eigenvalue weighted by Gasteiger charge is 2.42.